The Balaban J connectivity index is 1.09. The van der Waals surface area contributed by atoms with Gasteiger partial charge >= 0.3 is 0 Å². The molecule has 3 fully saturated rings. The summed E-state index contributed by atoms with van der Waals surface area (Å²) in [6.45, 7) is 5.93. The number of hydrogen-bond acceptors (Lipinski definition) is 6. The van der Waals surface area contributed by atoms with Crippen molar-refractivity contribution in [3.8, 4) is 5.69 Å². The highest BCUT2D eigenvalue weighted by Gasteiger charge is 2.50. The van der Waals surface area contributed by atoms with Crippen molar-refractivity contribution in [1.29, 1.82) is 0 Å². The highest BCUT2D eigenvalue weighted by atomic mass is 19.1. The highest BCUT2D eigenvalue weighted by molar-refractivity contribution is 5.87. The lowest BCUT2D eigenvalue weighted by molar-refractivity contribution is -0.128. The number of hydrogen-bond donors (Lipinski definition) is 3. The number of rotatable bonds is 6. The molecular formula is C34H38FN5O3. The minimum absolute atomic E-state index is 0.265. The van der Waals surface area contributed by atoms with Crippen LogP contribution in [0.25, 0.3) is 16.6 Å². The van der Waals surface area contributed by atoms with Crippen LogP contribution < -0.4 is 5.32 Å². The van der Waals surface area contributed by atoms with Crippen molar-refractivity contribution in [3.05, 3.63) is 89.1 Å². The van der Waals surface area contributed by atoms with E-state index in [0.717, 1.165) is 12.2 Å². The molecule has 3 N–H and O–H groups in total. The number of benzene rings is 2. The second-order valence-corrected chi connectivity index (χ2v) is 13.3. The molecular weight excluding hydrogens is 545 g/mol. The molecule has 1 unspecified atom stereocenters. The third-order valence-corrected chi connectivity index (χ3v) is 9.81. The monoisotopic (exact) mass is 583 g/mol. The smallest absolute Gasteiger partial charge is 0.229 e. The van der Waals surface area contributed by atoms with E-state index in [1.165, 1.54) is 24.0 Å². The van der Waals surface area contributed by atoms with Crippen LogP contribution in [-0.4, -0.2) is 55.1 Å². The zero-order valence-corrected chi connectivity index (χ0v) is 24.6. The lowest BCUT2D eigenvalue weighted by atomic mass is 9.66. The molecule has 43 heavy (non-hydrogen) atoms. The molecule has 4 aromatic rings. The Morgan fingerprint density at radius 1 is 1.05 bits per heavy atom. The molecule has 224 valence electrons. The normalized spacial score (nSPS) is 26.0. The van der Waals surface area contributed by atoms with Crippen molar-refractivity contribution in [1.82, 2.24) is 25.0 Å². The van der Waals surface area contributed by atoms with Gasteiger partial charge in [-0.05, 0) is 79.0 Å². The average Bonchev–Trinajstić information content (AvgIpc) is 3.72. The first kappa shape index (κ1) is 28.1. The Morgan fingerprint density at radius 2 is 1.84 bits per heavy atom. The van der Waals surface area contributed by atoms with Crippen molar-refractivity contribution in [2.75, 3.05) is 13.1 Å². The molecule has 2 aliphatic heterocycles. The van der Waals surface area contributed by atoms with Crippen molar-refractivity contribution in [2.24, 2.45) is 5.41 Å². The number of fused-ring (bicyclic) bond motifs is 1. The summed E-state index contributed by atoms with van der Waals surface area (Å²) in [6, 6.07) is 13.5. The third kappa shape index (κ3) is 5.13. The van der Waals surface area contributed by atoms with Gasteiger partial charge in [-0.1, -0.05) is 32.0 Å². The molecule has 3 aliphatic rings. The Labute approximate surface area is 250 Å². The molecule has 4 heterocycles. The van der Waals surface area contributed by atoms with Gasteiger partial charge in [-0.25, -0.2) is 9.07 Å². The van der Waals surface area contributed by atoms with Gasteiger partial charge in [0.05, 0.1) is 28.9 Å². The summed E-state index contributed by atoms with van der Waals surface area (Å²) in [5.41, 5.74) is 2.85. The lowest BCUT2D eigenvalue weighted by Crippen LogP contribution is -2.55. The number of carbonyl (C=O) groups excluding carboxylic acids is 1. The standard InChI is InChI=1S/C34H38FN5O3/c1-33(2)20-39(18-21-3-7-25(8-4-21)40-19-24(17-37-40)22-5-6-22)14-13-34(33,43)28-10-11-29-27(31(28)35)15-23(16-36-29)26-9-12-30(41)38-32(26)42/h3-4,7-8,10-11,15-17,19,22,26,30,41,43H,5-6,9,12-14,18,20H2,1-2H3,(H,38,42)/t26-,30?,34+/m0/s1. The van der Waals surface area contributed by atoms with Gasteiger partial charge in [0.1, 0.15) is 12.0 Å². The van der Waals surface area contributed by atoms with E-state index in [0.29, 0.717) is 54.7 Å². The summed E-state index contributed by atoms with van der Waals surface area (Å²) < 4.78 is 18.2. The maximum Gasteiger partial charge on any atom is 0.229 e. The Bertz CT molecular complexity index is 1680. The van der Waals surface area contributed by atoms with Gasteiger partial charge in [0, 0.05) is 48.4 Å². The SMILES string of the molecule is CC1(C)CN(Cc2ccc(-n3cc(C4CC4)cn3)cc2)CC[C@@]1(O)c1ccc2ncc([C@@H]3CCC(O)NC3=O)cc2c1F. The van der Waals surface area contributed by atoms with E-state index < -0.39 is 29.0 Å². The Kier molecular flexibility index (Phi) is 6.87. The third-order valence-electron chi connectivity index (χ3n) is 9.81. The summed E-state index contributed by atoms with van der Waals surface area (Å²) in [5, 5.41) is 29.2. The van der Waals surface area contributed by atoms with E-state index in [1.54, 1.807) is 24.4 Å². The number of pyridine rings is 1. The summed E-state index contributed by atoms with van der Waals surface area (Å²) >= 11 is 0. The number of likely N-dealkylation sites (tertiary alicyclic amines) is 1. The number of halogens is 1. The minimum atomic E-state index is -1.38. The van der Waals surface area contributed by atoms with Gasteiger partial charge < -0.3 is 15.5 Å². The lowest BCUT2D eigenvalue weighted by Gasteiger charge is -2.50. The van der Waals surface area contributed by atoms with Gasteiger partial charge in [-0.2, -0.15) is 5.10 Å². The van der Waals surface area contributed by atoms with Crippen molar-refractivity contribution in [3.63, 3.8) is 0 Å². The largest absolute Gasteiger partial charge is 0.384 e. The second-order valence-electron chi connectivity index (χ2n) is 13.3. The number of aromatic nitrogens is 3. The molecule has 1 amide bonds. The van der Waals surface area contributed by atoms with Crippen LogP contribution in [0, 0.1) is 11.2 Å². The molecule has 3 atom stereocenters. The van der Waals surface area contributed by atoms with Crippen LogP contribution in [0.15, 0.2) is 61.1 Å². The molecule has 2 aromatic carbocycles. The molecule has 2 aromatic heterocycles. The van der Waals surface area contributed by atoms with Crippen LogP contribution in [0.2, 0.25) is 0 Å². The Morgan fingerprint density at radius 3 is 2.56 bits per heavy atom. The first-order valence-electron chi connectivity index (χ1n) is 15.3. The molecule has 8 nitrogen and oxygen atoms in total. The molecule has 1 aliphatic carbocycles. The van der Waals surface area contributed by atoms with Crippen molar-refractivity contribution < 1.29 is 19.4 Å². The van der Waals surface area contributed by atoms with Crippen LogP contribution in [-0.2, 0) is 16.9 Å². The van der Waals surface area contributed by atoms with Crippen LogP contribution in [0.5, 0.6) is 0 Å². The van der Waals surface area contributed by atoms with Crippen molar-refractivity contribution in [2.45, 2.75) is 76.2 Å². The fourth-order valence-electron chi connectivity index (χ4n) is 6.98. The zero-order valence-electron chi connectivity index (χ0n) is 24.6. The van der Waals surface area contributed by atoms with E-state index in [9.17, 15) is 15.0 Å². The summed E-state index contributed by atoms with van der Waals surface area (Å²) in [5.74, 6) is -0.611. The maximum absolute atomic E-state index is 16.3. The van der Waals surface area contributed by atoms with Gasteiger partial charge in [0.15, 0.2) is 0 Å². The van der Waals surface area contributed by atoms with Crippen LogP contribution >= 0.6 is 0 Å². The first-order chi connectivity index (χ1) is 20.6. The number of aliphatic hydroxyl groups excluding tert-OH is 1. The van der Waals surface area contributed by atoms with Crippen molar-refractivity contribution >= 4 is 16.8 Å². The zero-order chi connectivity index (χ0) is 29.9. The topological polar surface area (TPSA) is 104 Å². The van der Waals surface area contributed by atoms with Gasteiger partial charge in [0.25, 0.3) is 0 Å². The van der Waals surface area contributed by atoms with Crippen LogP contribution in [0.3, 0.4) is 0 Å². The van der Waals surface area contributed by atoms with E-state index >= 15 is 4.39 Å². The van der Waals surface area contributed by atoms with Crippen LogP contribution in [0.1, 0.15) is 80.0 Å². The van der Waals surface area contributed by atoms with Gasteiger partial charge in [0.2, 0.25) is 5.91 Å². The van der Waals surface area contributed by atoms with Gasteiger partial charge in [-0.15, -0.1) is 0 Å². The molecule has 0 spiro atoms. The average molecular weight is 584 g/mol. The molecule has 9 heteroatoms. The van der Waals surface area contributed by atoms with E-state index in [4.69, 9.17) is 0 Å². The fraction of sp³-hybridized carbons (Fsp3) is 0.441. The Hall–Kier alpha value is -3.66. The van der Waals surface area contributed by atoms with E-state index in [2.05, 4.69) is 50.8 Å². The van der Waals surface area contributed by atoms with E-state index in [-0.39, 0.29) is 11.5 Å². The number of aliphatic hydroxyl groups is 2. The number of carbonyl (C=O) groups is 1. The summed E-state index contributed by atoms with van der Waals surface area (Å²) in [4.78, 5) is 19.3. The number of amides is 1. The number of piperidine rings is 2. The molecule has 1 saturated carbocycles. The maximum atomic E-state index is 16.3. The number of nitrogens with zero attached hydrogens (tertiary/aromatic N) is 4. The van der Waals surface area contributed by atoms with Gasteiger partial charge in [-0.3, -0.25) is 14.7 Å². The quantitative estimate of drug-likeness (QED) is 0.299. The first-order valence-corrected chi connectivity index (χ1v) is 15.3. The molecule has 7 rings (SSSR count). The minimum Gasteiger partial charge on any atom is -0.384 e. The number of nitrogens with one attached hydrogen (secondary N) is 1. The molecule has 0 bridgehead atoms. The predicted molar refractivity (Wildman–Crippen MR) is 161 cm³/mol. The van der Waals surface area contributed by atoms with E-state index in [1.807, 2.05) is 24.7 Å². The molecule has 0 radical (unpaired) electrons. The predicted octanol–water partition coefficient (Wildman–Crippen LogP) is 4.87. The molecule has 2 saturated heterocycles. The highest BCUT2D eigenvalue weighted by Crippen LogP contribution is 2.48. The summed E-state index contributed by atoms with van der Waals surface area (Å²) in [6.07, 6.45) is 8.62. The summed E-state index contributed by atoms with van der Waals surface area (Å²) in [7, 11) is 0. The van der Waals surface area contributed by atoms with Crippen LogP contribution in [0.4, 0.5) is 4.39 Å². The second kappa shape index (κ2) is 10.5. The fourth-order valence-corrected chi connectivity index (χ4v) is 6.98.